The molecule has 0 aromatic heterocycles. The van der Waals surface area contributed by atoms with Crippen LogP contribution in [0.25, 0.3) is 0 Å². The van der Waals surface area contributed by atoms with E-state index in [9.17, 15) is 14.4 Å². The van der Waals surface area contributed by atoms with Crippen molar-refractivity contribution in [2.45, 2.75) is 102 Å². The maximum atomic E-state index is 11.0. The molecule has 6 heterocycles. The lowest BCUT2D eigenvalue weighted by atomic mass is 9.93. The molecular weight excluding hydrogens is 582 g/mol. The summed E-state index contributed by atoms with van der Waals surface area (Å²) in [6.07, 6.45) is 8.01. The molecule has 3 spiro atoms. The summed E-state index contributed by atoms with van der Waals surface area (Å²) >= 11 is 0. The number of Topliss-reactive ketones (excluding diaryl/α,β-unsaturated/α-hetero) is 2. The van der Waals surface area contributed by atoms with Crippen LogP contribution in [0.15, 0.2) is 0 Å². The van der Waals surface area contributed by atoms with E-state index in [2.05, 4.69) is 23.6 Å². The Bertz CT molecular complexity index is 904. The lowest BCUT2D eigenvalue weighted by Gasteiger charge is -2.37. The summed E-state index contributed by atoms with van der Waals surface area (Å²) in [5.74, 6) is 0.00759. The SMILES string of the molecule is CC(=O)N1CCC2(CC1)OCCO2.CCN1CCC(=O)CC1.CCN1CCC2(CC1)OCCO2.O=C1CCC2(CC1)OCCO2. The number of ketones is 2. The van der Waals surface area contributed by atoms with Crippen LogP contribution in [0.5, 0.6) is 0 Å². The van der Waals surface area contributed by atoms with Gasteiger partial charge < -0.3 is 43.1 Å². The van der Waals surface area contributed by atoms with E-state index in [1.54, 1.807) is 6.92 Å². The van der Waals surface area contributed by atoms with E-state index in [-0.39, 0.29) is 23.3 Å². The van der Waals surface area contributed by atoms with Crippen LogP contribution in [0.1, 0.15) is 85.0 Å². The van der Waals surface area contributed by atoms with Crippen molar-refractivity contribution in [1.29, 1.82) is 0 Å². The molecule has 7 fully saturated rings. The average Bonchev–Trinajstić information content (AvgIpc) is 3.84. The fourth-order valence-electron chi connectivity index (χ4n) is 6.76. The second kappa shape index (κ2) is 17.6. The van der Waals surface area contributed by atoms with Gasteiger partial charge >= 0.3 is 0 Å². The van der Waals surface area contributed by atoms with Gasteiger partial charge in [0.25, 0.3) is 0 Å². The van der Waals surface area contributed by atoms with Crippen LogP contribution in [0.2, 0.25) is 0 Å². The van der Waals surface area contributed by atoms with Crippen molar-refractivity contribution in [2.75, 3.05) is 92.0 Å². The third kappa shape index (κ3) is 11.0. The minimum Gasteiger partial charge on any atom is -0.348 e. The molecule has 1 aliphatic carbocycles. The summed E-state index contributed by atoms with van der Waals surface area (Å²) in [6.45, 7) is 18.2. The predicted molar refractivity (Wildman–Crippen MR) is 167 cm³/mol. The summed E-state index contributed by atoms with van der Waals surface area (Å²) in [5, 5.41) is 0. The van der Waals surface area contributed by atoms with E-state index in [0.717, 1.165) is 117 Å². The molecule has 0 atom stereocenters. The predicted octanol–water partition coefficient (Wildman–Crippen LogP) is 2.76. The lowest BCUT2D eigenvalue weighted by molar-refractivity contribution is -0.187. The zero-order valence-corrected chi connectivity index (χ0v) is 28.0. The van der Waals surface area contributed by atoms with Gasteiger partial charge in [0.15, 0.2) is 17.4 Å². The number of carbonyl (C=O) groups excluding carboxylic acids is 3. The van der Waals surface area contributed by atoms with Crippen LogP contribution in [0.4, 0.5) is 0 Å². The molecule has 0 aromatic rings. The second-order valence-electron chi connectivity index (χ2n) is 12.8. The van der Waals surface area contributed by atoms with E-state index in [4.69, 9.17) is 28.4 Å². The first-order valence-corrected chi connectivity index (χ1v) is 17.3. The highest BCUT2D eigenvalue weighted by Gasteiger charge is 2.41. The Labute approximate surface area is 269 Å². The van der Waals surface area contributed by atoms with Crippen molar-refractivity contribution in [3.63, 3.8) is 0 Å². The summed E-state index contributed by atoms with van der Waals surface area (Å²) in [6, 6.07) is 0. The maximum absolute atomic E-state index is 11.0. The number of piperidine rings is 3. The third-order valence-electron chi connectivity index (χ3n) is 9.91. The van der Waals surface area contributed by atoms with E-state index in [1.165, 1.54) is 0 Å². The number of hydrogen-bond acceptors (Lipinski definition) is 11. The Morgan fingerprint density at radius 2 is 0.867 bits per heavy atom. The first-order valence-electron chi connectivity index (χ1n) is 17.3. The molecule has 0 radical (unpaired) electrons. The third-order valence-corrected chi connectivity index (χ3v) is 9.91. The summed E-state index contributed by atoms with van der Waals surface area (Å²) in [4.78, 5) is 39.2. The molecule has 6 saturated heterocycles. The highest BCUT2D eigenvalue weighted by Crippen LogP contribution is 2.34. The van der Waals surface area contributed by atoms with Crippen molar-refractivity contribution < 1.29 is 42.8 Å². The number of carbonyl (C=O) groups is 3. The summed E-state index contributed by atoms with van der Waals surface area (Å²) < 4.78 is 33.3. The van der Waals surface area contributed by atoms with Gasteiger partial charge in [-0.1, -0.05) is 13.8 Å². The molecule has 45 heavy (non-hydrogen) atoms. The molecule has 6 aliphatic heterocycles. The van der Waals surface area contributed by atoms with Crippen LogP contribution >= 0.6 is 0 Å². The molecule has 258 valence electrons. The number of rotatable bonds is 2. The van der Waals surface area contributed by atoms with Crippen molar-refractivity contribution in [2.24, 2.45) is 0 Å². The van der Waals surface area contributed by atoms with Gasteiger partial charge in [0.2, 0.25) is 5.91 Å². The lowest BCUT2D eigenvalue weighted by Crippen LogP contribution is -2.46. The minimum absolute atomic E-state index is 0.146. The Hall–Kier alpha value is -1.51. The molecule has 12 nitrogen and oxygen atoms in total. The molecule has 0 unspecified atom stereocenters. The first kappa shape index (κ1) is 36.3. The molecule has 1 saturated carbocycles. The van der Waals surface area contributed by atoms with E-state index in [1.807, 2.05) is 4.90 Å². The first-order chi connectivity index (χ1) is 21.7. The number of amides is 1. The second-order valence-corrected chi connectivity index (χ2v) is 12.8. The highest BCUT2D eigenvalue weighted by atomic mass is 16.7. The van der Waals surface area contributed by atoms with Gasteiger partial charge in [-0.2, -0.15) is 0 Å². The van der Waals surface area contributed by atoms with Crippen molar-refractivity contribution >= 4 is 17.5 Å². The van der Waals surface area contributed by atoms with E-state index < -0.39 is 0 Å². The Morgan fingerprint density at radius 1 is 0.533 bits per heavy atom. The number of hydrogen-bond donors (Lipinski definition) is 0. The van der Waals surface area contributed by atoms with Crippen molar-refractivity contribution in [3.8, 4) is 0 Å². The topological polar surface area (TPSA) is 116 Å². The normalized spacial score (nSPS) is 27.4. The Morgan fingerprint density at radius 3 is 1.24 bits per heavy atom. The van der Waals surface area contributed by atoms with Crippen LogP contribution < -0.4 is 0 Å². The molecule has 0 bridgehead atoms. The van der Waals surface area contributed by atoms with Gasteiger partial charge in [-0.05, 0) is 13.1 Å². The quantitative estimate of drug-likeness (QED) is 0.444. The molecule has 0 aromatic carbocycles. The smallest absolute Gasteiger partial charge is 0.219 e. The molecule has 7 aliphatic rings. The molecule has 0 N–H and O–H groups in total. The highest BCUT2D eigenvalue weighted by molar-refractivity contribution is 5.79. The Balaban J connectivity index is 0.000000138. The largest absolute Gasteiger partial charge is 0.348 e. The minimum atomic E-state index is -0.367. The van der Waals surface area contributed by atoms with E-state index >= 15 is 0 Å². The van der Waals surface area contributed by atoms with Gasteiger partial charge in [0.1, 0.15) is 11.6 Å². The zero-order chi connectivity index (χ0) is 32.2. The molecular formula is C33H57N3O9. The summed E-state index contributed by atoms with van der Waals surface area (Å²) in [5.41, 5.74) is 0. The average molecular weight is 640 g/mol. The van der Waals surface area contributed by atoms with E-state index in [0.29, 0.717) is 50.8 Å². The molecule has 7 rings (SSSR count). The van der Waals surface area contributed by atoms with Crippen LogP contribution in [0.3, 0.4) is 0 Å². The standard InChI is InChI=1S/C9H15NO3.C9H17NO2.C8H12O3.C7H13NO/c1-8(11)10-4-2-9(3-5-10)12-6-7-13-9;1-2-10-5-3-9(4-6-10)11-7-8-12-9;9-7-1-3-8(4-2-7)10-5-6-11-8;1-2-8-5-3-7(9)4-6-8/h2-7H2,1H3;2-8H2,1H3;1-6H2;2-6H2,1H3. The fraction of sp³-hybridized carbons (Fsp3) is 0.909. The number of likely N-dealkylation sites (tertiary alicyclic amines) is 3. The molecule has 12 heteroatoms. The monoisotopic (exact) mass is 639 g/mol. The Kier molecular flexibility index (Phi) is 14.2. The molecule has 1 amide bonds. The summed E-state index contributed by atoms with van der Waals surface area (Å²) in [7, 11) is 0. The van der Waals surface area contributed by atoms with Gasteiger partial charge in [-0.15, -0.1) is 0 Å². The van der Waals surface area contributed by atoms with Crippen LogP contribution in [-0.2, 0) is 42.8 Å². The fourth-order valence-corrected chi connectivity index (χ4v) is 6.76. The van der Waals surface area contributed by atoms with Gasteiger partial charge in [0, 0.05) is 110 Å². The van der Waals surface area contributed by atoms with Gasteiger partial charge in [-0.25, -0.2) is 0 Å². The maximum Gasteiger partial charge on any atom is 0.219 e. The van der Waals surface area contributed by atoms with Gasteiger partial charge in [-0.3, -0.25) is 14.4 Å². The zero-order valence-electron chi connectivity index (χ0n) is 28.0. The van der Waals surface area contributed by atoms with Crippen molar-refractivity contribution in [3.05, 3.63) is 0 Å². The number of ether oxygens (including phenoxy) is 6. The van der Waals surface area contributed by atoms with Gasteiger partial charge in [0.05, 0.1) is 39.6 Å². The van der Waals surface area contributed by atoms with Crippen LogP contribution in [-0.4, -0.2) is 142 Å². The van der Waals surface area contributed by atoms with Crippen molar-refractivity contribution in [1.82, 2.24) is 14.7 Å². The number of nitrogens with zero attached hydrogens (tertiary/aromatic N) is 3. The van der Waals surface area contributed by atoms with Crippen LogP contribution in [0, 0.1) is 0 Å².